The van der Waals surface area contributed by atoms with E-state index >= 15 is 0 Å². The number of hydrogen-bond acceptors (Lipinski definition) is 0. The predicted molar refractivity (Wildman–Crippen MR) is 38.5 cm³/mol. The lowest BCUT2D eigenvalue weighted by molar-refractivity contribution is 0.504. The van der Waals surface area contributed by atoms with E-state index in [0.29, 0.717) is 5.92 Å². The second-order valence-electron chi connectivity index (χ2n) is 2.53. The molecular formula is C8H15. The van der Waals surface area contributed by atoms with Crippen LogP contribution in [0.15, 0.2) is 12.2 Å². The molecule has 47 valence electrons. The molecule has 1 atom stereocenters. The van der Waals surface area contributed by atoms with Crippen LogP contribution < -0.4 is 0 Å². The summed E-state index contributed by atoms with van der Waals surface area (Å²) in [5.41, 5.74) is 0. The van der Waals surface area contributed by atoms with Gasteiger partial charge in [-0.2, -0.15) is 0 Å². The molecule has 0 aromatic rings. The zero-order valence-electron chi connectivity index (χ0n) is 6.02. The normalized spacial score (nSPS) is 15.6. The Bertz CT molecular complexity index is 70.1. The minimum atomic E-state index is 0.674. The van der Waals surface area contributed by atoms with Crippen LogP contribution in [0, 0.1) is 18.8 Å². The lowest BCUT2D eigenvalue weighted by atomic mass is 9.98. The van der Waals surface area contributed by atoms with Crippen molar-refractivity contribution in [3.8, 4) is 0 Å². The Labute approximate surface area is 52.6 Å². The molecule has 0 spiro atoms. The quantitative estimate of drug-likeness (QED) is 0.514. The summed E-state index contributed by atoms with van der Waals surface area (Å²) < 4.78 is 0. The van der Waals surface area contributed by atoms with Crippen LogP contribution >= 0.6 is 0 Å². The Morgan fingerprint density at radius 1 is 1.25 bits per heavy atom. The maximum atomic E-state index is 3.63. The van der Waals surface area contributed by atoms with E-state index in [-0.39, 0.29) is 0 Å². The SMILES string of the molecule is [CH2]/C=C/C(C)C(C)C. The Kier molecular flexibility index (Phi) is 3.59. The molecule has 0 aliphatic heterocycles. The van der Waals surface area contributed by atoms with Crippen molar-refractivity contribution in [3.05, 3.63) is 19.1 Å². The third kappa shape index (κ3) is 2.84. The first-order chi connectivity index (χ1) is 3.68. The van der Waals surface area contributed by atoms with Gasteiger partial charge >= 0.3 is 0 Å². The fraction of sp³-hybridized carbons (Fsp3) is 0.625. The average Bonchev–Trinajstić information content (AvgIpc) is 1.67. The lowest BCUT2D eigenvalue weighted by Crippen LogP contribution is -1.98. The van der Waals surface area contributed by atoms with Gasteiger partial charge in [0.25, 0.3) is 0 Å². The highest BCUT2D eigenvalue weighted by Crippen LogP contribution is 2.09. The van der Waals surface area contributed by atoms with Crippen molar-refractivity contribution in [1.29, 1.82) is 0 Å². The van der Waals surface area contributed by atoms with Gasteiger partial charge in [0.2, 0.25) is 0 Å². The molecule has 8 heavy (non-hydrogen) atoms. The minimum absolute atomic E-state index is 0.674. The molecule has 0 nitrogen and oxygen atoms in total. The van der Waals surface area contributed by atoms with E-state index < -0.39 is 0 Å². The second kappa shape index (κ2) is 3.71. The highest BCUT2D eigenvalue weighted by atomic mass is 14.0. The van der Waals surface area contributed by atoms with Crippen LogP contribution in [0.4, 0.5) is 0 Å². The van der Waals surface area contributed by atoms with Gasteiger partial charge in [0.15, 0.2) is 0 Å². The first-order valence-electron chi connectivity index (χ1n) is 3.14. The Morgan fingerprint density at radius 3 is 1.88 bits per heavy atom. The summed E-state index contributed by atoms with van der Waals surface area (Å²) in [6.45, 7) is 10.3. The lowest BCUT2D eigenvalue weighted by Gasteiger charge is -2.08. The minimum Gasteiger partial charge on any atom is -0.0880 e. The highest BCUT2D eigenvalue weighted by Gasteiger charge is 1.99. The van der Waals surface area contributed by atoms with Gasteiger partial charge in [0.1, 0.15) is 0 Å². The van der Waals surface area contributed by atoms with Crippen LogP contribution in [0.3, 0.4) is 0 Å². The molecule has 1 radical (unpaired) electrons. The van der Waals surface area contributed by atoms with E-state index in [4.69, 9.17) is 0 Å². The van der Waals surface area contributed by atoms with E-state index in [1.807, 2.05) is 6.08 Å². The van der Waals surface area contributed by atoms with E-state index in [1.165, 1.54) is 0 Å². The van der Waals surface area contributed by atoms with Gasteiger partial charge < -0.3 is 0 Å². The Balaban J connectivity index is 3.47. The van der Waals surface area contributed by atoms with Crippen LogP contribution in [-0.4, -0.2) is 0 Å². The van der Waals surface area contributed by atoms with Crippen LogP contribution in [0.5, 0.6) is 0 Å². The molecule has 0 saturated heterocycles. The summed E-state index contributed by atoms with van der Waals surface area (Å²) in [7, 11) is 0. The van der Waals surface area contributed by atoms with Crippen molar-refractivity contribution in [1.82, 2.24) is 0 Å². The monoisotopic (exact) mass is 111 g/mol. The van der Waals surface area contributed by atoms with Crippen LogP contribution in [0.2, 0.25) is 0 Å². The maximum absolute atomic E-state index is 3.63. The van der Waals surface area contributed by atoms with E-state index in [1.54, 1.807) is 0 Å². The molecule has 0 aliphatic carbocycles. The Morgan fingerprint density at radius 2 is 1.75 bits per heavy atom. The molecule has 0 fully saturated rings. The molecule has 0 aromatic heterocycles. The highest BCUT2D eigenvalue weighted by molar-refractivity contribution is 4.89. The van der Waals surface area contributed by atoms with Gasteiger partial charge in [0, 0.05) is 0 Å². The molecule has 0 heterocycles. The van der Waals surface area contributed by atoms with Crippen molar-refractivity contribution in [2.45, 2.75) is 20.8 Å². The van der Waals surface area contributed by atoms with Crippen LogP contribution in [0.1, 0.15) is 20.8 Å². The fourth-order valence-electron chi connectivity index (χ4n) is 0.437. The Hall–Kier alpha value is -0.260. The summed E-state index contributed by atoms with van der Waals surface area (Å²) in [6, 6.07) is 0. The van der Waals surface area contributed by atoms with Gasteiger partial charge in [-0.15, -0.1) is 0 Å². The van der Waals surface area contributed by atoms with Crippen molar-refractivity contribution < 1.29 is 0 Å². The maximum Gasteiger partial charge on any atom is -0.0239 e. The predicted octanol–water partition coefficient (Wildman–Crippen LogP) is 2.67. The average molecular weight is 111 g/mol. The van der Waals surface area contributed by atoms with Gasteiger partial charge in [-0.1, -0.05) is 32.9 Å². The van der Waals surface area contributed by atoms with Gasteiger partial charge in [0.05, 0.1) is 0 Å². The van der Waals surface area contributed by atoms with Crippen molar-refractivity contribution >= 4 is 0 Å². The third-order valence-electron chi connectivity index (χ3n) is 1.49. The zero-order valence-corrected chi connectivity index (χ0v) is 6.02. The molecule has 0 aromatic carbocycles. The van der Waals surface area contributed by atoms with E-state index in [2.05, 4.69) is 33.8 Å². The summed E-state index contributed by atoms with van der Waals surface area (Å²) in [4.78, 5) is 0. The first kappa shape index (κ1) is 7.74. The van der Waals surface area contributed by atoms with Crippen molar-refractivity contribution in [3.63, 3.8) is 0 Å². The summed E-state index contributed by atoms with van der Waals surface area (Å²) >= 11 is 0. The van der Waals surface area contributed by atoms with E-state index in [0.717, 1.165) is 5.92 Å². The van der Waals surface area contributed by atoms with Gasteiger partial charge in [-0.25, -0.2) is 0 Å². The summed E-state index contributed by atoms with van der Waals surface area (Å²) in [6.07, 6.45) is 4.00. The molecule has 0 amide bonds. The molecule has 0 aliphatic rings. The van der Waals surface area contributed by atoms with E-state index in [9.17, 15) is 0 Å². The zero-order chi connectivity index (χ0) is 6.57. The van der Waals surface area contributed by atoms with Gasteiger partial charge in [-0.05, 0) is 18.8 Å². The van der Waals surface area contributed by atoms with Gasteiger partial charge in [-0.3, -0.25) is 0 Å². The van der Waals surface area contributed by atoms with Crippen LogP contribution in [-0.2, 0) is 0 Å². The fourth-order valence-corrected chi connectivity index (χ4v) is 0.437. The van der Waals surface area contributed by atoms with Crippen molar-refractivity contribution in [2.24, 2.45) is 11.8 Å². The molecule has 0 rings (SSSR count). The number of rotatable bonds is 2. The molecule has 1 unspecified atom stereocenters. The smallest absolute Gasteiger partial charge is 0.0239 e. The standard InChI is InChI=1S/C8H15/c1-5-6-8(4)7(2)3/h5-8H,1H2,2-4H3/b6-5+. The largest absolute Gasteiger partial charge is 0.0880 e. The summed E-state index contributed by atoms with van der Waals surface area (Å²) in [5, 5.41) is 0. The molecule has 0 saturated carbocycles. The third-order valence-corrected chi connectivity index (χ3v) is 1.49. The van der Waals surface area contributed by atoms with Crippen molar-refractivity contribution in [2.75, 3.05) is 0 Å². The number of allylic oxidation sites excluding steroid dienone is 2. The second-order valence-corrected chi connectivity index (χ2v) is 2.53. The topological polar surface area (TPSA) is 0 Å². The molecular weight excluding hydrogens is 96.1 g/mol. The first-order valence-corrected chi connectivity index (χ1v) is 3.14. The molecule has 0 heteroatoms. The molecule has 0 bridgehead atoms. The molecule has 0 N–H and O–H groups in total. The number of hydrogen-bond donors (Lipinski definition) is 0. The van der Waals surface area contributed by atoms with Crippen LogP contribution in [0.25, 0.3) is 0 Å². The summed E-state index contributed by atoms with van der Waals surface area (Å²) in [5.74, 6) is 1.42.